The van der Waals surface area contributed by atoms with Crippen molar-refractivity contribution in [2.75, 3.05) is 40.0 Å². The Morgan fingerprint density at radius 2 is 1.86 bits per heavy atom. The second-order valence-corrected chi connectivity index (χ2v) is 10.9. The summed E-state index contributed by atoms with van der Waals surface area (Å²) in [7, 11) is 1.67. The minimum atomic E-state index is 0.0485. The summed E-state index contributed by atoms with van der Waals surface area (Å²) in [6.07, 6.45) is 6.79. The van der Waals surface area contributed by atoms with Crippen LogP contribution in [0, 0.1) is 6.92 Å². The van der Waals surface area contributed by atoms with E-state index in [0.29, 0.717) is 31.0 Å². The second-order valence-electron chi connectivity index (χ2n) is 10.9. The van der Waals surface area contributed by atoms with Gasteiger partial charge < -0.3 is 23.9 Å². The highest BCUT2D eigenvalue weighted by Gasteiger charge is 2.28. The molecular weight excluding hydrogens is 450 g/mol. The number of nitrogens with one attached hydrogen (secondary N) is 1. The highest BCUT2D eigenvalue weighted by molar-refractivity contribution is 5.92. The number of hydrogen-bond acceptors (Lipinski definition) is 4. The highest BCUT2D eigenvalue weighted by atomic mass is 16.5. The molecule has 2 aromatic heterocycles. The lowest BCUT2D eigenvalue weighted by Gasteiger charge is -2.39. The van der Waals surface area contributed by atoms with Crippen molar-refractivity contribution in [2.45, 2.75) is 70.9 Å². The van der Waals surface area contributed by atoms with E-state index in [1.807, 2.05) is 19.2 Å². The monoisotopic (exact) mass is 491 g/mol. The summed E-state index contributed by atoms with van der Waals surface area (Å²) in [5.41, 5.74) is 6.96. The molecule has 194 valence electrons. The third-order valence-corrected chi connectivity index (χ3v) is 8.24. The van der Waals surface area contributed by atoms with Gasteiger partial charge in [-0.25, -0.2) is 0 Å². The normalized spacial score (nSPS) is 18.5. The average Bonchev–Trinajstić information content (AvgIpc) is 3.29. The summed E-state index contributed by atoms with van der Waals surface area (Å²) in [5.74, 6) is 0.973. The van der Waals surface area contributed by atoms with E-state index in [4.69, 9.17) is 9.47 Å². The van der Waals surface area contributed by atoms with Gasteiger partial charge in [0, 0.05) is 61.1 Å². The van der Waals surface area contributed by atoms with Crippen molar-refractivity contribution in [2.24, 2.45) is 0 Å². The number of benzene rings is 1. The Labute approximate surface area is 214 Å². The first-order valence-electron chi connectivity index (χ1n) is 13.6. The lowest BCUT2D eigenvalue weighted by atomic mass is 9.86. The Kier molecular flexibility index (Phi) is 7.65. The Morgan fingerprint density at radius 3 is 2.56 bits per heavy atom. The van der Waals surface area contributed by atoms with E-state index in [9.17, 15) is 4.79 Å². The molecule has 2 aliphatic rings. The van der Waals surface area contributed by atoms with E-state index in [0.717, 1.165) is 30.0 Å². The van der Waals surface area contributed by atoms with Gasteiger partial charge in [0.05, 0.1) is 12.3 Å². The molecule has 0 bridgehead atoms. The van der Waals surface area contributed by atoms with Gasteiger partial charge in [-0.15, -0.1) is 0 Å². The van der Waals surface area contributed by atoms with Gasteiger partial charge in [0.1, 0.15) is 0 Å². The minimum Gasteiger partial charge on any atom is -0.383 e. The number of rotatable bonds is 7. The summed E-state index contributed by atoms with van der Waals surface area (Å²) < 4.78 is 12.6. The van der Waals surface area contributed by atoms with Crippen molar-refractivity contribution in [1.82, 2.24) is 14.5 Å². The van der Waals surface area contributed by atoms with E-state index in [1.165, 1.54) is 60.8 Å². The van der Waals surface area contributed by atoms with E-state index >= 15 is 0 Å². The molecule has 0 spiro atoms. The van der Waals surface area contributed by atoms with Gasteiger partial charge in [-0.2, -0.15) is 0 Å². The largest absolute Gasteiger partial charge is 0.383 e. The number of pyridine rings is 1. The molecule has 2 saturated heterocycles. The van der Waals surface area contributed by atoms with Crippen molar-refractivity contribution in [3.63, 3.8) is 0 Å². The van der Waals surface area contributed by atoms with Crippen molar-refractivity contribution in [3.8, 4) is 11.3 Å². The molecule has 0 unspecified atom stereocenters. The van der Waals surface area contributed by atoms with Crippen LogP contribution < -0.4 is 5.56 Å². The number of likely N-dealkylation sites (tertiary alicyclic amines) is 1. The molecule has 3 aromatic rings. The first kappa shape index (κ1) is 25.2. The van der Waals surface area contributed by atoms with Crippen LogP contribution in [0.15, 0.2) is 35.3 Å². The van der Waals surface area contributed by atoms with E-state index in [2.05, 4.69) is 41.9 Å². The molecule has 6 heteroatoms. The van der Waals surface area contributed by atoms with Crippen LogP contribution in [0.5, 0.6) is 0 Å². The topological polar surface area (TPSA) is 59.5 Å². The molecule has 0 radical (unpaired) electrons. The molecule has 5 rings (SSSR count). The number of nitrogens with zero attached hydrogens (tertiary/aromatic N) is 2. The van der Waals surface area contributed by atoms with Crippen LogP contribution in [0.25, 0.3) is 22.2 Å². The van der Waals surface area contributed by atoms with E-state index in [-0.39, 0.29) is 5.56 Å². The molecule has 6 nitrogen and oxygen atoms in total. The van der Waals surface area contributed by atoms with Gasteiger partial charge in [-0.1, -0.05) is 19.9 Å². The smallest absolute Gasteiger partial charge is 0.253 e. The number of aromatic nitrogens is 2. The molecule has 4 heterocycles. The summed E-state index contributed by atoms with van der Waals surface area (Å²) in [5, 5.41) is 1.32. The van der Waals surface area contributed by atoms with Crippen LogP contribution in [0.2, 0.25) is 0 Å². The molecule has 0 atom stereocenters. The maximum absolute atomic E-state index is 12.7. The zero-order valence-corrected chi connectivity index (χ0v) is 22.3. The van der Waals surface area contributed by atoms with Crippen LogP contribution >= 0.6 is 0 Å². The van der Waals surface area contributed by atoms with E-state index in [1.54, 1.807) is 11.7 Å². The van der Waals surface area contributed by atoms with Gasteiger partial charge in [0.25, 0.3) is 5.56 Å². The van der Waals surface area contributed by atoms with Crippen LogP contribution in [0.3, 0.4) is 0 Å². The molecule has 1 aromatic carbocycles. The first-order chi connectivity index (χ1) is 17.5. The van der Waals surface area contributed by atoms with E-state index < -0.39 is 0 Å². The zero-order valence-electron chi connectivity index (χ0n) is 22.3. The quantitative estimate of drug-likeness (QED) is 0.479. The Bertz CT molecular complexity index is 1240. The molecular formula is C30H41N3O3. The maximum Gasteiger partial charge on any atom is 0.253 e. The predicted molar refractivity (Wildman–Crippen MR) is 146 cm³/mol. The van der Waals surface area contributed by atoms with Gasteiger partial charge in [0.15, 0.2) is 0 Å². The minimum absolute atomic E-state index is 0.0485. The maximum atomic E-state index is 12.7. The summed E-state index contributed by atoms with van der Waals surface area (Å²) in [4.78, 5) is 19.1. The number of piperidine rings is 1. The second kappa shape index (κ2) is 10.9. The molecule has 0 aliphatic carbocycles. The zero-order chi connectivity index (χ0) is 25.2. The van der Waals surface area contributed by atoms with Crippen LogP contribution in [-0.4, -0.2) is 60.5 Å². The highest BCUT2D eigenvalue weighted by Crippen LogP contribution is 2.38. The average molecular weight is 492 g/mol. The SMILES string of the molecule is COCCn1cc(-c2[nH]c3ccc(C4CCN(C5CCOCC5)CC4)cc3c2C(C)C)cc(C)c1=O. The molecule has 2 fully saturated rings. The number of hydrogen-bond donors (Lipinski definition) is 1. The number of aromatic amines is 1. The van der Waals surface area contributed by atoms with Gasteiger partial charge in [-0.3, -0.25) is 4.79 Å². The lowest BCUT2D eigenvalue weighted by molar-refractivity contribution is 0.0252. The number of methoxy groups -OCH3 is 1. The third kappa shape index (κ3) is 5.04. The summed E-state index contributed by atoms with van der Waals surface area (Å²) in [6.45, 7) is 11.7. The fourth-order valence-corrected chi connectivity index (χ4v) is 6.24. The Morgan fingerprint density at radius 1 is 1.11 bits per heavy atom. The third-order valence-electron chi connectivity index (χ3n) is 8.24. The Balaban J connectivity index is 1.44. The van der Waals surface area contributed by atoms with Crippen LogP contribution in [-0.2, 0) is 16.0 Å². The fourth-order valence-electron chi connectivity index (χ4n) is 6.24. The molecule has 2 aliphatic heterocycles. The standard InChI is InChI=1S/C30H41N3O3/c1-20(2)28-26-18-23(22-7-11-32(12-8-22)25-9-14-36-15-10-25)5-6-27(26)31-29(28)24-17-21(3)30(34)33(19-24)13-16-35-4/h5-6,17-20,22,25,31H,7-16H2,1-4H3. The summed E-state index contributed by atoms with van der Waals surface area (Å²) in [6, 6.07) is 9.76. The number of H-pyrrole nitrogens is 1. The molecule has 0 amide bonds. The van der Waals surface area contributed by atoms with Gasteiger partial charge in [-0.05, 0) is 86.9 Å². The lowest BCUT2D eigenvalue weighted by Crippen LogP contribution is -2.43. The van der Waals surface area contributed by atoms with Crippen molar-refractivity contribution in [3.05, 3.63) is 57.5 Å². The number of fused-ring (bicyclic) bond motifs is 1. The molecule has 1 N–H and O–H groups in total. The fraction of sp³-hybridized carbons (Fsp3) is 0.567. The number of aryl methyl sites for hydroxylation is 1. The number of ether oxygens (including phenoxy) is 2. The summed E-state index contributed by atoms with van der Waals surface area (Å²) >= 11 is 0. The van der Waals surface area contributed by atoms with Gasteiger partial charge >= 0.3 is 0 Å². The van der Waals surface area contributed by atoms with Crippen LogP contribution in [0.4, 0.5) is 0 Å². The van der Waals surface area contributed by atoms with Gasteiger partial charge in [0.2, 0.25) is 0 Å². The first-order valence-corrected chi connectivity index (χ1v) is 13.6. The Hall–Kier alpha value is -2.41. The van der Waals surface area contributed by atoms with Crippen LogP contribution in [0.1, 0.15) is 68.1 Å². The van der Waals surface area contributed by atoms with Crippen molar-refractivity contribution >= 4 is 10.9 Å². The molecule has 36 heavy (non-hydrogen) atoms. The molecule has 0 saturated carbocycles. The van der Waals surface area contributed by atoms with Crippen molar-refractivity contribution in [1.29, 1.82) is 0 Å². The predicted octanol–water partition coefficient (Wildman–Crippen LogP) is 5.43. The van der Waals surface area contributed by atoms with Crippen molar-refractivity contribution < 1.29 is 9.47 Å².